The van der Waals surface area contributed by atoms with E-state index in [1.165, 1.54) is 17.0 Å². The Balaban J connectivity index is 2.68. The second-order valence-corrected chi connectivity index (χ2v) is 4.45. The first kappa shape index (κ1) is 17.2. The molecule has 0 bridgehead atoms. The Morgan fingerprint density at radius 1 is 1.55 bits per heavy atom. The molecule has 0 aliphatic heterocycles. The number of nitrogens with zero attached hydrogens (tertiary/aromatic N) is 4. The highest BCUT2D eigenvalue weighted by Gasteiger charge is 2.27. The molecule has 1 rings (SSSR count). The molecule has 0 aliphatic rings. The topological polar surface area (TPSA) is 158 Å². The number of carbonyl (C=O) groups is 3. The van der Waals surface area contributed by atoms with Gasteiger partial charge in [0.15, 0.2) is 6.10 Å². The lowest BCUT2D eigenvalue weighted by Gasteiger charge is -2.16. The molecule has 3 N–H and O–H groups in total. The predicted octanol–water partition coefficient (Wildman–Crippen LogP) is -1.33. The molecule has 0 aliphatic carbocycles. The van der Waals surface area contributed by atoms with E-state index < -0.39 is 29.8 Å². The summed E-state index contributed by atoms with van der Waals surface area (Å²) < 4.78 is 1.42. The number of aliphatic carboxylic acids is 1. The zero-order valence-electron chi connectivity index (χ0n) is 11.7. The molecule has 1 heterocycles. The molecule has 0 radical (unpaired) electrons. The van der Waals surface area contributed by atoms with Gasteiger partial charge >= 0.3 is 12.2 Å². The Hall–Kier alpha value is -2.84. The van der Waals surface area contributed by atoms with Gasteiger partial charge in [0.25, 0.3) is 5.91 Å². The van der Waals surface area contributed by atoms with E-state index in [4.69, 9.17) is 10.6 Å². The fourth-order valence-corrected chi connectivity index (χ4v) is 1.68. The Morgan fingerprint density at radius 2 is 2.23 bits per heavy atom. The highest BCUT2D eigenvalue weighted by Crippen LogP contribution is 2.10. The summed E-state index contributed by atoms with van der Waals surface area (Å²) in [5.74, 6) is -2.82. The van der Waals surface area contributed by atoms with Gasteiger partial charge in [-0.05, 0) is 6.42 Å². The monoisotopic (exact) mass is 309 g/mol. The number of imidazole rings is 1. The van der Waals surface area contributed by atoms with Gasteiger partial charge in [-0.25, -0.2) is 9.78 Å². The molecule has 118 valence electrons. The third-order valence-corrected chi connectivity index (χ3v) is 2.85. The third-order valence-electron chi connectivity index (χ3n) is 2.85. The van der Waals surface area contributed by atoms with E-state index in [0.29, 0.717) is 6.21 Å². The maximum absolute atomic E-state index is 11.8. The molecular weight excluding hydrogens is 294 g/mol. The van der Waals surface area contributed by atoms with Crippen LogP contribution in [0.3, 0.4) is 0 Å². The van der Waals surface area contributed by atoms with Gasteiger partial charge in [0, 0.05) is 25.9 Å². The number of carboxylic acids is 1. The number of aliphatic hydroxyl groups excluding tert-OH is 1. The average molecular weight is 309 g/mol. The Bertz CT molecular complexity index is 619. The minimum Gasteiger partial charge on any atom is -0.480 e. The maximum Gasteiger partial charge on any atom is 0.326 e. The Kier molecular flexibility index (Phi) is 6.11. The SMILES string of the molecule is Cn1ccnc1C(O)C(=O)NC(CCC(=O)C=[N+]=[N-])C(=O)O. The van der Waals surface area contributed by atoms with Crippen LogP contribution in [0.2, 0.25) is 0 Å². The molecule has 2 unspecified atom stereocenters. The number of carboxylic acid groups (broad SMARTS) is 1. The molecule has 2 atom stereocenters. The average Bonchev–Trinajstić information content (AvgIpc) is 2.88. The second-order valence-electron chi connectivity index (χ2n) is 4.45. The molecule has 0 aromatic carbocycles. The van der Waals surface area contributed by atoms with Gasteiger partial charge in [-0.15, -0.1) is 0 Å². The van der Waals surface area contributed by atoms with Crippen LogP contribution in [0, 0.1) is 0 Å². The number of aryl methyl sites for hydroxylation is 1. The molecule has 0 saturated heterocycles. The minimum absolute atomic E-state index is 0.0603. The summed E-state index contributed by atoms with van der Waals surface area (Å²) in [6, 6.07) is -1.36. The van der Waals surface area contributed by atoms with Crippen molar-refractivity contribution in [3.8, 4) is 0 Å². The normalized spacial score (nSPS) is 12.8. The minimum atomic E-state index is -1.63. The van der Waals surface area contributed by atoms with Crippen LogP contribution in [-0.4, -0.2) is 54.5 Å². The smallest absolute Gasteiger partial charge is 0.326 e. The number of hydrogen-bond donors (Lipinski definition) is 3. The predicted molar refractivity (Wildman–Crippen MR) is 71.7 cm³/mol. The summed E-state index contributed by atoms with van der Waals surface area (Å²) in [7, 11) is 1.57. The molecule has 22 heavy (non-hydrogen) atoms. The lowest BCUT2D eigenvalue weighted by molar-refractivity contribution is -0.144. The number of rotatable bonds is 8. The van der Waals surface area contributed by atoms with E-state index in [1.807, 2.05) is 0 Å². The Morgan fingerprint density at radius 3 is 2.73 bits per heavy atom. The number of nitrogens with one attached hydrogen (secondary N) is 1. The van der Waals surface area contributed by atoms with Gasteiger partial charge in [0.1, 0.15) is 11.9 Å². The summed E-state index contributed by atoms with van der Waals surface area (Å²) in [6.07, 6.45) is 1.47. The lowest BCUT2D eigenvalue weighted by Crippen LogP contribution is -2.43. The van der Waals surface area contributed by atoms with Gasteiger partial charge in [0.2, 0.25) is 5.78 Å². The maximum atomic E-state index is 11.8. The number of amides is 1. The quantitative estimate of drug-likeness (QED) is 0.306. The van der Waals surface area contributed by atoms with Crippen molar-refractivity contribution in [3.63, 3.8) is 0 Å². The third kappa shape index (κ3) is 4.62. The van der Waals surface area contributed by atoms with E-state index in [0.717, 1.165) is 0 Å². The molecular formula is C12H15N5O5. The fraction of sp³-hybridized carbons (Fsp3) is 0.417. The molecule has 10 heteroatoms. The van der Waals surface area contributed by atoms with Crippen molar-refractivity contribution in [2.75, 3.05) is 0 Å². The van der Waals surface area contributed by atoms with Gasteiger partial charge in [-0.2, -0.15) is 4.79 Å². The first-order valence-corrected chi connectivity index (χ1v) is 6.25. The zero-order chi connectivity index (χ0) is 16.7. The largest absolute Gasteiger partial charge is 0.480 e. The number of carbonyl (C=O) groups excluding carboxylic acids is 2. The number of hydrogen-bond acceptors (Lipinski definition) is 5. The zero-order valence-corrected chi connectivity index (χ0v) is 11.7. The summed E-state index contributed by atoms with van der Waals surface area (Å²) >= 11 is 0. The molecule has 0 spiro atoms. The summed E-state index contributed by atoms with van der Waals surface area (Å²) in [5.41, 5.74) is 8.18. The van der Waals surface area contributed by atoms with Crippen LogP contribution in [0.1, 0.15) is 24.8 Å². The first-order valence-electron chi connectivity index (χ1n) is 6.25. The number of Topliss-reactive ketones (excluding diaryl/α,β-unsaturated/α-hetero) is 1. The van der Waals surface area contributed by atoms with E-state index >= 15 is 0 Å². The first-order chi connectivity index (χ1) is 10.4. The molecule has 10 nitrogen and oxygen atoms in total. The molecule has 0 fully saturated rings. The molecule has 0 saturated carbocycles. The van der Waals surface area contributed by atoms with E-state index in [2.05, 4.69) is 15.1 Å². The summed E-state index contributed by atoms with van der Waals surface area (Å²) in [6.45, 7) is 0. The van der Waals surface area contributed by atoms with E-state index in [9.17, 15) is 19.5 Å². The van der Waals surface area contributed by atoms with Crippen molar-refractivity contribution in [3.05, 3.63) is 23.7 Å². The van der Waals surface area contributed by atoms with Gasteiger partial charge in [-0.1, -0.05) is 0 Å². The number of aromatic nitrogens is 2. The Labute approximate surface area is 125 Å². The highest BCUT2D eigenvalue weighted by atomic mass is 16.4. The van der Waals surface area contributed by atoms with Crippen LogP contribution in [0.4, 0.5) is 0 Å². The van der Waals surface area contributed by atoms with Crippen LogP contribution < -0.4 is 5.32 Å². The lowest BCUT2D eigenvalue weighted by atomic mass is 10.1. The van der Waals surface area contributed by atoms with Crippen molar-refractivity contribution in [2.24, 2.45) is 7.05 Å². The second kappa shape index (κ2) is 7.81. The van der Waals surface area contributed by atoms with Crippen LogP contribution in [0.15, 0.2) is 12.4 Å². The number of ketones is 1. The number of aliphatic hydroxyl groups is 1. The van der Waals surface area contributed by atoms with Crippen molar-refractivity contribution in [2.45, 2.75) is 25.0 Å². The van der Waals surface area contributed by atoms with Crippen LogP contribution >= 0.6 is 0 Å². The van der Waals surface area contributed by atoms with E-state index in [1.54, 1.807) is 7.05 Å². The standard InChI is InChI=1S/C12H15N5O5/c1-17-5-4-14-10(17)9(19)11(20)16-8(12(21)22)3-2-7(18)6-15-13/h4-6,8-9,19H,2-3H2,1H3,(H,16,20)(H,21,22). The van der Waals surface area contributed by atoms with Gasteiger partial charge in [-0.3, -0.25) is 9.59 Å². The molecule has 1 aromatic heterocycles. The van der Waals surface area contributed by atoms with E-state index in [-0.39, 0.29) is 18.7 Å². The van der Waals surface area contributed by atoms with Crippen molar-refractivity contribution < 1.29 is 29.4 Å². The van der Waals surface area contributed by atoms with Crippen molar-refractivity contribution in [1.82, 2.24) is 14.9 Å². The van der Waals surface area contributed by atoms with Gasteiger partial charge in [0.05, 0.1) is 0 Å². The molecule has 1 aromatic rings. The summed E-state index contributed by atoms with van der Waals surface area (Å²) in [5, 5.41) is 21.0. The van der Waals surface area contributed by atoms with Crippen LogP contribution in [0.5, 0.6) is 0 Å². The summed E-state index contributed by atoms with van der Waals surface area (Å²) in [4.78, 5) is 40.4. The van der Waals surface area contributed by atoms with Crippen molar-refractivity contribution in [1.29, 1.82) is 0 Å². The van der Waals surface area contributed by atoms with Crippen molar-refractivity contribution >= 4 is 23.9 Å². The fourth-order valence-electron chi connectivity index (χ4n) is 1.68. The molecule has 1 amide bonds. The van der Waals surface area contributed by atoms with Crippen LogP contribution in [-0.2, 0) is 21.4 Å². The van der Waals surface area contributed by atoms with Crippen LogP contribution in [0.25, 0.3) is 5.53 Å². The highest BCUT2D eigenvalue weighted by molar-refractivity contribution is 6.25. The van der Waals surface area contributed by atoms with Gasteiger partial charge < -0.3 is 25.6 Å².